The van der Waals surface area contributed by atoms with Gasteiger partial charge in [-0.05, 0) is 25.3 Å². The zero-order chi connectivity index (χ0) is 14.2. The maximum Gasteiger partial charge on any atom is 0.306 e. The van der Waals surface area contributed by atoms with Gasteiger partial charge in [0.1, 0.15) is 12.6 Å². The summed E-state index contributed by atoms with van der Waals surface area (Å²) in [5, 5.41) is 0. The third-order valence-corrected chi connectivity index (χ3v) is 5.78. The van der Waals surface area contributed by atoms with E-state index in [1.54, 1.807) is 0 Å². The van der Waals surface area contributed by atoms with Crippen LogP contribution in [0.4, 0.5) is 0 Å². The Hall–Kier alpha value is -0.680. The van der Waals surface area contributed by atoms with E-state index in [0.29, 0.717) is 6.42 Å². The molecule has 1 aliphatic rings. The van der Waals surface area contributed by atoms with Crippen molar-refractivity contribution in [1.82, 2.24) is 0 Å². The lowest BCUT2D eigenvalue weighted by atomic mass is 10.2. The van der Waals surface area contributed by atoms with Crippen molar-refractivity contribution < 1.29 is 14.1 Å². The summed E-state index contributed by atoms with van der Waals surface area (Å²) in [4.78, 5) is 11.8. The van der Waals surface area contributed by atoms with Crippen molar-refractivity contribution in [2.24, 2.45) is 0 Å². The quantitative estimate of drug-likeness (QED) is 0.475. The SMILES string of the molecule is Cc1cc[n+](CCCC(=O)OC2CCCSSC2)cc1. The molecule has 0 spiro atoms. The van der Waals surface area contributed by atoms with Crippen molar-refractivity contribution in [1.29, 1.82) is 0 Å². The van der Waals surface area contributed by atoms with Gasteiger partial charge in [0.15, 0.2) is 12.4 Å². The number of ether oxygens (including phenoxy) is 1. The minimum absolute atomic E-state index is 0.0461. The van der Waals surface area contributed by atoms with Gasteiger partial charge in [-0.15, -0.1) is 0 Å². The van der Waals surface area contributed by atoms with Gasteiger partial charge in [-0.1, -0.05) is 21.6 Å². The van der Waals surface area contributed by atoms with Gasteiger partial charge in [-0.3, -0.25) is 4.79 Å². The summed E-state index contributed by atoms with van der Waals surface area (Å²) in [6, 6.07) is 4.16. The Bertz CT molecular complexity index is 414. The molecular formula is C15H22NO2S2+. The number of aromatic nitrogens is 1. The molecule has 1 aliphatic heterocycles. The summed E-state index contributed by atoms with van der Waals surface area (Å²) in [6.45, 7) is 2.94. The largest absolute Gasteiger partial charge is 0.461 e. The van der Waals surface area contributed by atoms with Crippen LogP contribution in [0.15, 0.2) is 24.5 Å². The molecule has 20 heavy (non-hydrogen) atoms. The number of rotatable bonds is 5. The van der Waals surface area contributed by atoms with Crippen molar-refractivity contribution >= 4 is 27.6 Å². The van der Waals surface area contributed by atoms with Crippen LogP contribution in [0.25, 0.3) is 0 Å². The molecule has 1 unspecified atom stereocenters. The van der Waals surface area contributed by atoms with Crippen LogP contribution in [-0.2, 0) is 16.1 Å². The lowest BCUT2D eigenvalue weighted by molar-refractivity contribution is -0.697. The summed E-state index contributed by atoms with van der Waals surface area (Å²) >= 11 is 0. The Morgan fingerprint density at radius 1 is 1.40 bits per heavy atom. The Morgan fingerprint density at radius 3 is 3.00 bits per heavy atom. The monoisotopic (exact) mass is 312 g/mol. The van der Waals surface area contributed by atoms with E-state index in [1.807, 2.05) is 21.6 Å². The summed E-state index contributed by atoms with van der Waals surface area (Å²) in [7, 11) is 3.71. The first kappa shape index (κ1) is 15.7. The second-order valence-electron chi connectivity index (χ2n) is 5.08. The number of hydrogen-bond donors (Lipinski definition) is 0. The highest BCUT2D eigenvalue weighted by molar-refractivity contribution is 8.76. The molecular weight excluding hydrogens is 290 g/mol. The maximum atomic E-state index is 11.8. The molecule has 110 valence electrons. The van der Waals surface area contributed by atoms with E-state index in [2.05, 4.69) is 36.0 Å². The zero-order valence-electron chi connectivity index (χ0n) is 11.9. The first-order chi connectivity index (χ1) is 9.74. The van der Waals surface area contributed by atoms with Crippen LogP contribution in [0.5, 0.6) is 0 Å². The second kappa shape index (κ2) is 8.57. The molecule has 1 aromatic heterocycles. The van der Waals surface area contributed by atoms with Crippen molar-refractivity contribution in [3.8, 4) is 0 Å². The molecule has 0 aliphatic carbocycles. The van der Waals surface area contributed by atoms with Gasteiger partial charge >= 0.3 is 5.97 Å². The van der Waals surface area contributed by atoms with E-state index in [-0.39, 0.29) is 12.1 Å². The van der Waals surface area contributed by atoms with Gasteiger partial charge in [0, 0.05) is 30.1 Å². The molecule has 3 nitrogen and oxygen atoms in total. The average Bonchev–Trinajstić information content (AvgIpc) is 2.70. The lowest BCUT2D eigenvalue weighted by Crippen LogP contribution is -2.33. The fourth-order valence-corrected chi connectivity index (χ4v) is 4.40. The Kier molecular flexibility index (Phi) is 6.73. The zero-order valence-corrected chi connectivity index (χ0v) is 13.5. The number of hydrogen-bond acceptors (Lipinski definition) is 4. The number of nitrogens with zero attached hydrogens (tertiary/aromatic N) is 1. The smallest absolute Gasteiger partial charge is 0.306 e. The number of pyridine rings is 1. The van der Waals surface area contributed by atoms with Crippen LogP contribution in [0, 0.1) is 6.92 Å². The van der Waals surface area contributed by atoms with Crippen molar-refractivity contribution in [2.45, 2.75) is 45.3 Å². The van der Waals surface area contributed by atoms with E-state index in [1.165, 1.54) is 11.3 Å². The number of aryl methyl sites for hydroxylation is 2. The normalized spacial score (nSPS) is 19.4. The van der Waals surface area contributed by atoms with Crippen molar-refractivity contribution in [3.63, 3.8) is 0 Å². The van der Waals surface area contributed by atoms with E-state index in [9.17, 15) is 4.79 Å². The summed E-state index contributed by atoms with van der Waals surface area (Å²) < 4.78 is 7.66. The van der Waals surface area contributed by atoms with Crippen molar-refractivity contribution in [3.05, 3.63) is 30.1 Å². The first-order valence-electron chi connectivity index (χ1n) is 7.13. The number of carbonyl (C=O) groups excluding carboxylic acids is 1. The number of esters is 1. The molecule has 1 aromatic rings. The maximum absolute atomic E-state index is 11.8. The molecule has 2 heterocycles. The lowest BCUT2D eigenvalue weighted by Gasteiger charge is -2.14. The van der Waals surface area contributed by atoms with E-state index < -0.39 is 0 Å². The Balaban J connectivity index is 1.65. The van der Waals surface area contributed by atoms with E-state index >= 15 is 0 Å². The average molecular weight is 312 g/mol. The number of carbonyl (C=O) groups is 1. The molecule has 0 N–H and O–H groups in total. The molecule has 2 rings (SSSR count). The van der Waals surface area contributed by atoms with Crippen LogP contribution in [0.1, 0.15) is 31.2 Å². The molecule has 0 aromatic carbocycles. The fourth-order valence-electron chi connectivity index (χ4n) is 2.06. The van der Waals surface area contributed by atoms with Gasteiger partial charge in [-0.2, -0.15) is 0 Å². The molecule has 0 amide bonds. The van der Waals surface area contributed by atoms with E-state index in [4.69, 9.17) is 4.74 Å². The fraction of sp³-hybridized carbons (Fsp3) is 0.600. The predicted octanol–water partition coefficient (Wildman–Crippen LogP) is 3.15. The van der Waals surface area contributed by atoms with Crippen LogP contribution >= 0.6 is 21.6 Å². The summed E-state index contributed by atoms with van der Waals surface area (Å²) in [5.41, 5.74) is 1.25. The minimum Gasteiger partial charge on any atom is -0.461 e. The van der Waals surface area contributed by atoms with Gasteiger partial charge in [0.25, 0.3) is 0 Å². The summed E-state index contributed by atoms with van der Waals surface area (Å²) in [6.07, 6.45) is 7.73. The van der Waals surface area contributed by atoms with Crippen molar-refractivity contribution in [2.75, 3.05) is 11.5 Å². The Labute approximate surface area is 128 Å². The molecule has 0 saturated carbocycles. The topological polar surface area (TPSA) is 30.2 Å². The van der Waals surface area contributed by atoms with Gasteiger partial charge in [0.05, 0.1) is 6.42 Å². The van der Waals surface area contributed by atoms with Crippen LogP contribution in [0.3, 0.4) is 0 Å². The minimum atomic E-state index is -0.0461. The van der Waals surface area contributed by atoms with Gasteiger partial charge < -0.3 is 4.74 Å². The van der Waals surface area contributed by atoms with Gasteiger partial charge in [0.2, 0.25) is 0 Å². The van der Waals surface area contributed by atoms with Crippen LogP contribution in [-0.4, -0.2) is 23.6 Å². The highest BCUT2D eigenvalue weighted by Crippen LogP contribution is 2.29. The molecule has 1 saturated heterocycles. The molecule has 0 bridgehead atoms. The Morgan fingerprint density at radius 2 is 2.20 bits per heavy atom. The third-order valence-electron chi connectivity index (χ3n) is 3.24. The summed E-state index contributed by atoms with van der Waals surface area (Å²) in [5.74, 6) is 2.06. The molecule has 0 radical (unpaired) electrons. The van der Waals surface area contributed by atoms with Crippen LogP contribution in [0.2, 0.25) is 0 Å². The third kappa shape index (κ3) is 5.75. The first-order valence-corrected chi connectivity index (χ1v) is 9.62. The molecule has 5 heteroatoms. The standard InChI is InChI=1S/C15H22NO2S2/c1-13-6-9-16(10-7-13)8-2-5-15(17)18-14-4-3-11-19-20-12-14/h6-7,9-10,14H,2-5,8,11-12H2,1H3/q+1. The van der Waals surface area contributed by atoms with Gasteiger partial charge in [-0.25, -0.2) is 4.57 Å². The predicted molar refractivity (Wildman–Crippen MR) is 84.6 cm³/mol. The van der Waals surface area contributed by atoms with E-state index in [0.717, 1.165) is 31.6 Å². The molecule has 1 fully saturated rings. The highest BCUT2D eigenvalue weighted by Gasteiger charge is 2.17. The molecule has 1 atom stereocenters. The highest BCUT2D eigenvalue weighted by atomic mass is 33.1. The second-order valence-corrected chi connectivity index (χ2v) is 7.70. The van der Waals surface area contributed by atoms with Crippen LogP contribution < -0.4 is 4.57 Å².